The molecule has 0 spiro atoms. The van der Waals surface area contributed by atoms with E-state index >= 15 is 0 Å². The fourth-order valence-electron chi connectivity index (χ4n) is 2.47. The molecule has 0 aliphatic carbocycles. The summed E-state index contributed by atoms with van der Waals surface area (Å²) in [5.41, 5.74) is 0.714. The van der Waals surface area contributed by atoms with Gasteiger partial charge in [0.25, 0.3) is 0 Å². The topological polar surface area (TPSA) is 59.6 Å². The highest BCUT2D eigenvalue weighted by Gasteiger charge is 2.17. The average molecular weight is 343 g/mol. The van der Waals surface area contributed by atoms with Gasteiger partial charge in [0.2, 0.25) is 5.91 Å². The van der Waals surface area contributed by atoms with Crippen molar-refractivity contribution in [2.45, 2.75) is 32.3 Å². The van der Waals surface area contributed by atoms with Crippen LogP contribution in [-0.4, -0.2) is 38.8 Å². The molecule has 0 aromatic heterocycles. The molecule has 5 nitrogen and oxygen atoms in total. The fraction of sp³-hybridized carbons (Fsp3) is 0.588. The fourth-order valence-corrected chi connectivity index (χ4v) is 2.47. The number of benzene rings is 1. The first-order valence-electron chi connectivity index (χ1n) is 7.99. The first-order chi connectivity index (χ1) is 10.7. The molecule has 1 aromatic carbocycles. The molecule has 2 N–H and O–H groups in total. The largest absolute Gasteiger partial charge is 0.489 e. The highest BCUT2D eigenvalue weighted by atomic mass is 35.5. The quantitative estimate of drug-likeness (QED) is 0.800. The lowest BCUT2D eigenvalue weighted by molar-refractivity contribution is -0.119. The zero-order valence-corrected chi connectivity index (χ0v) is 14.7. The van der Waals surface area contributed by atoms with Crippen LogP contribution in [0, 0.1) is 5.92 Å². The number of hydrogen-bond acceptors (Lipinski definition) is 4. The second-order valence-electron chi connectivity index (χ2n) is 5.74. The Morgan fingerprint density at radius 2 is 2.17 bits per heavy atom. The summed E-state index contributed by atoms with van der Waals surface area (Å²) in [6.45, 7) is 3.88. The molecule has 1 saturated heterocycles. The third-order valence-corrected chi connectivity index (χ3v) is 3.80. The Kier molecular flexibility index (Phi) is 8.99. The third kappa shape index (κ3) is 6.37. The van der Waals surface area contributed by atoms with E-state index in [9.17, 15) is 4.79 Å². The summed E-state index contributed by atoms with van der Waals surface area (Å²) < 4.78 is 11.5. The van der Waals surface area contributed by atoms with Gasteiger partial charge in [-0.1, -0.05) is 19.1 Å². The summed E-state index contributed by atoms with van der Waals surface area (Å²) in [4.78, 5) is 12.1. The number of nitrogens with one attached hydrogen (secondary N) is 2. The molecule has 0 saturated carbocycles. The highest BCUT2D eigenvalue weighted by molar-refractivity contribution is 5.93. The van der Waals surface area contributed by atoms with E-state index in [0.29, 0.717) is 24.6 Å². The number of ether oxygens (including phenoxy) is 2. The first-order valence-corrected chi connectivity index (χ1v) is 7.99. The molecule has 2 rings (SSSR count). The van der Waals surface area contributed by atoms with Crippen LogP contribution in [0.3, 0.4) is 0 Å². The van der Waals surface area contributed by atoms with Crippen molar-refractivity contribution < 1.29 is 14.3 Å². The second kappa shape index (κ2) is 10.5. The molecule has 2 unspecified atom stereocenters. The van der Waals surface area contributed by atoms with Crippen molar-refractivity contribution in [1.29, 1.82) is 0 Å². The highest BCUT2D eigenvalue weighted by Crippen LogP contribution is 2.25. The molecule has 130 valence electrons. The molecule has 1 fully saturated rings. The van der Waals surface area contributed by atoms with Gasteiger partial charge in [-0.3, -0.25) is 4.79 Å². The van der Waals surface area contributed by atoms with Crippen LogP contribution in [0.15, 0.2) is 24.3 Å². The van der Waals surface area contributed by atoms with E-state index in [4.69, 9.17) is 9.47 Å². The van der Waals surface area contributed by atoms with Gasteiger partial charge in [-0.25, -0.2) is 0 Å². The molecule has 23 heavy (non-hydrogen) atoms. The standard InChI is InChI=1S/C17H26N2O3.ClH/c1-13(11-18-2)17(20)19-15-8-3-4-9-16(15)22-12-14-7-5-6-10-21-14;/h3-4,8-9,13-14,18H,5-7,10-12H2,1-2H3,(H,19,20);1H. The zero-order valence-electron chi connectivity index (χ0n) is 13.8. The Bertz CT molecular complexity index is 479. The van der Waals surface area contributed by atoms with Gasteiger partial charge in [0.05, 0.1) is 11.8 Å². The summed E-state index contributed by atoms with van der Waals surface area (Å²) in [6, 6.07) is 7.54. The minimum absolute atomic E-state index is 0. The molecule has 1 amide bonds. The van der Waals surface area contributed by atoms with E-state index < -0.39 is 0 Å². The molecular weight excluding hydrogens is 316 g/mol. The lowest BCUT2D eigenvalue weighted by atomic mass is 10.1. The van der Waals surface area contributed by atoms with Crippen LogP contribution in [0.2, 0.25) is 0 Å². The number of hydrogen-bond donors (Lipinski definition) is 2. The van der Waals surface area contributed by atoms with Crippen LogP contribution in [0.5, 0.6) is 5.75 Å². The Morgan fingerprint density at radius 1 is 1.39 bits per heavy atom. The van der Waals surface area contributed by atoms with Gasteiger partial charge in [-0.15, -0.1) is 12.4 Å². The smallest absolute Gasteiger partial charge is 0.228 e. The van der Waals surface area contributed by atoms with Crippen LogP contribution in [0.25, 0.3) is 0 Å². The molecule has 0 bridgehead atoms. The van der Waals surface area contributed by atoms with Gasteiger partial charge in [-0.2, -0.15) is 0 Å². The van der Waals surface area contributed by atoms with E-state index in [1.807, 2.05) is 38.2 Å². The molecule has 1 aromatic rings. The number of anilines is 1. The number of halogens is 1. The van der Waals surface area contributed by atoms with Crippen molar-refractivity contribution in [2.24, 2.45) is 5.92 Å². The average Bonchev–Trinajstić information content (AvgIpc) is 2.55. The van der Waals surface area contributed by atoms with Crippen LogP contribution in [0.4, 0.5) is 5.69 Å². The Balaban J connectivity index is 0.00000264. The summed E-state index contributed by atoms with van der Waals surface area (Å²) in [6.07, 6.45) is 3.51. The van der Waals surface area contributed by atoms with E-state index in [1.54, 1.807) is 0 Å². The van der Waals surface area contributed by atoms with Crippen LogP contribution < -0.4 is 15.4 Å². The maximum absolute atomic E-state index is 12.1. The molecule has 1 aliphatic heterocycles. The lowest BCUT2D eigenvalue weighted by Gasteiger charge is -2.23. The predicted octanol–water partition coefficient (Wildman–Crippen LogP) is 2.85. The number of para-hydroxylation sites is 2. The van der Waals surface area contributed by atoms with E-state index in [1.165, 1.54) is 6.42 Å². The van der Waals surface area contributed by atoms with Crippen molar-refractivity contribution >= 4 is 24.0 Å². The van der Waals surface area contributed by atoms with Crippen molar-refractivity contribution in [3.05, 3.63) is 24.3 Å². The van der Waals surface area contributed by atoms with Crippen molar-refractivity contribution in [3.63, 3.8) is 0 Å². The van der Waals surface area contributed by atoms with Crippen molar-refractivity contribution in [2.75, 3.05) is 32.1 Å². The maximum Gasteiger partial charge on any atom is 0.228 e. The van der Waals surface area contributed by atoms with Gasteiger partial charge in [0.15, 0.2) is 0 Å². The lowest BCUT2D eigenvalue weighted by Crippen LogP contribution is -2.29. The van der Waals surface area contributed by atoms with Gasteiger partial charge in [0.1, 0.15) is 12.4 Å². The normalized spacial score (nSPS) is 18.6. The summed E-state index contributed by atoms with van der Waals surface area (Å²) >= 11 is 0. The van der Waals surface area contributed by atoms with Gasteiger partial charge >= 0.3 is 0 Å². The van der Waals surface area contributed by atoms with E-state index in [2.05, 4.69) is 10.6 Å². The summed E-state index contributed by atoms with van der Waals surface area (Å²) in [5.74, 6) is 0.584. The van der Waals surface area contributed by atoms with Crippen LogP contribution >= 0.6 is 12.4 Å². The number of rotatable bonds is 7. The minimum Gasteiger partial charge on any atom is -0.489 e. The Labute approximate surface area is 144 Å². The summed E-state index contributed by atoms with van der Waals surface area (Å²) in [5, 5.41) is 5.95. The third-order valence-electron chi connectivity index (χ3n) is 3.80. The molecule has 1 aliphatic rings. The van der Waals surface area contributed by atoms with E-state index in [0.717, 1.165) is 19.4 Å². The van der Waals surface area contributed by atoms with Crippen molar-refractivity contribution in [3.8, 4) is 5.75 Å². The Hall–Kier alpha value is -1.30. The zero-order chi connectivity index (χ0) is 15.8. The molecule has 0 radical (unpaired) electrons. The summed E-state index contributed by atoms with van der Waals surface area (Å²) in [7, 11) is 1.84. The molecule has 1 heterocycles. The molecule has 6 heteroatoms. The van der Waals surface area contributed by atoms with E-state index in [-0.39, 0.29) is 30.3 Å². The van der Waals surface area contributed by atoms with Crippen molar-refractivity contribution in [1.82, 2.24) is 5.32 Å². The second-order valence-corrected chi connectivity index (χ2v) is 5.74. The maximum atomic E-state index is 12.1. The SMILES string of the molecule is CNCC(C)C(=O)Nc1ccccc1OCC1CCCCO1.Cl. The van der Waals surface area contributed by atoms with Gasteiger partial charge < -0.3 is 20.1 Å². The monoisotopic (exact) mass is 342 g/mol. The number of carbonyl (C=O) groups excluding carboxylic acids is 1. The number of carbonyl (C=O) groups is 1. The van der Waals surface area contributed by atoms with Gasteiger partial charge in [0, 0.05) is 19.1 Å². The first kappa shape index (κ1) is 19.7. The number of amides is 1. The minimum atomic E-state index is -0.0975. The Morgan fingerprint density at radius 3 is 2.87 bits per heavy atom. The molecular formula is C17H27ClN2O3. The predicted molar refractivity (Wildman–Crippen MR) is 94.5 cm³/mol. The van der Waals surface area contributed by atoms with Crippen LogP contribution in [0.1, 0.15) is 26.2 Å². The van der Waals surface area contributed by atoms with Gasteiger partial charge in [-0.05, 0) is 38.4 Å². The molecule has 2 atom stereocenters. The van der Waals surface area contributed by atoms with Crippen LogP contribution in [-0.2, 0) is 9.53 Å².